The quantitative estimate of drug-likeness (QED) is 0.362. The van der Waals surface area contributed by atoms with E-state index in [1.165, 1.54) is 18.3 Å². The summed E-state index contributed by atoms with van der Waals surface area (Å²) in [7, 11) is 0. The molecule has 1 amide bonds. The SMILES string of the molecule is NNC(=O)CCOc1ccc([N+](=O)[O-])c2cccnc12. The fourth-order valence-corrected chi connectivity index (χ4v) is 1.73. The number of nitrogens with two attached hydrogens (primary N) is 1. The molecule has 0 atom stereocenters. The highest BCUT2D eigenvalue weighted by molar-refractivity contribution is 5.92. The van der Waals surface area contributed by atoms with E-state index in [-0.39, 0.29) is 24.6 Å². The zero-order chi connectivity index (χ0) is 14.5. The lowest BCUT2D eigenvalue weighted by Crippen LogP contribution is -2.31. The van der Waals surface area contributed by atoms with Crippen molar-refractivity contribution in [1.82, 2.24) is 10.4 Å². The number of ether oxygens (including phenoxy) is 1. The van der Waals surface area contributed by atoms with Crippen LogP contribution in [0.2, 0.25) is 0 Å². The summed E-state index contributed by atoms with van der Waals surface area (Å²) in [6, 6.07) is 6.02. The molecule has 0 spiro atoms. The third-order valence-corrected chi connectivity index (χ3v) is 2.65. The third kappa shape index (κ3) is 2.81. The van der Waals surface area contributed by atoms with Gasteiger partial charge in [-0.2, -0.15) is 0 Å². The van der Waals surface area contributed by atoms with Crippen molar-refractivity contribution in [2.75, 3.05) is 6.61 Å². The maximum atomic E-state index is 11.0. The molecular formula is C12H12N4O4. The molecular weight excluding hydrogens is 264 g/mol. The number of pyridine rings is 1. The van der Waals surface area contributed by atoms with Crippen molar-refractivity contribution in [1.29, 1.82) is 0 Å². The van der Waals surface area contributed by atoms with Crippen molar-refractivity contribution in [2.24, 2.45) is 5.84 Å². The van der Waals surface area contributed by atoms with E-state index in [9.17, 15) is 14.9 Å². The van der Waals surface area contributed by atoms with Crippen molar-refractivity contribution in [3.8, 4) is 5.75 Å². The monoisotopic (exact) mass is 276 g/mol. The summed E-state index contributed by atoms with van der Waals surface area (Å²) in [5.74, 6) is 4.98. The Bertz CT molecular complexity index is 659. The average molecular weight is 276 g/mol. The first-order valence-corrected chi connectivity index (χ1v) is 5.78. The minimum atomic E-state index is -0.477. The first-order valence-electron chi connectivity index (χ1n) is 5.78. The van der Waals surface area contributed by atoms with Gasteiger partial charge in [0.15, 0.2) is 0 Å². The van der Waals surface area contributed by atoms with Crippen LogP contribution in [-0.2, 0) is 4.79 Å². The number of non-ortho nitro benzene ring substituents is 1. The number of hydrogen-bond donors (Lipinski definition) is 2. The molecule has 0 saturated heterocycles. The molecule has 0 unspecified atom stereocenters. The number of rotatable bonds is 5. The van der Waals surface area contributed by atoms with Gasteiger partial charge < -0.3 is 4.74 Å². The number of nitrogens with one attached hydrogen (secondary N) is 1. The second kappa shape index (κ2) is 5.93. The molecule has 104 valence electrons. The van der Waals surface area contributed by atoms with Crippen LogP contribution in [0.25, 0.3) is 10.9 Å². The molecule has 2 aromatic rings. The van der Waals surface area contributed by atoms with Crippen LogP contribution >= 0.6 is 0 Å². The van der Waals surface area contributed by atoms with Gasteiger partial charge in [-0.3, -0.25) is 25.3 Å². The number of hydrogen-bond acceptors (Lipinski definition) is 6. The lowest BCUT2D eigenvalue weighted by atomic mass is 10.1. The van der Waals surface area contributed by atoms with E-state index < -0.39 is 4.92 Å². The molecule has 3 N–H and O–H groups in total. The number of carbonyl (C=O) groups is 1. The standard InChI is InChI=1S/C12H12N4O4/c13-15-11(17)5-7-20-10-4-3-9(16(18)19)8-2-1-6-14-12(8)10/h1-4,6H,5,7,13H2,(H,15,17). The average Bonchev–Trinajstić information content (AvgIpc) is 2.46. The maximum absolute atomic E-state index is 11.0. The van der Waals surface area contributed by atoms with Crippen LogP contribution in [0.1, 0.15) is 6.42 Å². The molecule has 1 aromatic carbocycles. The van der Waals surface area contributed by atoms with Gasteiger partial charge >= 0.3 is 0 Å². The van der Waals surface area contributed by atoms with E-state index in [1.54, 1.807) is 12.1 Å². The number of benzene rings is 1. The Balaban J connectivity index is 2.29. The Kier molecular flexibility index (Phi) is 4.06. The molecule has 20 heavy (non-hydrogen) atoms. The molecule has 2 rings (SSSR count). The van der Waals surface area contributed by atoms with Crippen LogP contribution < -0.4 is 16.0 Å². The summed E-state index contributed by atoms with van der Waals surface area (Å²) in [6.45, 7) is 0.104. The van der Waals surface area contributed by atoms with E-state index in [1.807, 2.05) is 5.43 Å². The zero-order valence-electron chi connectivity index (χ0n) is 10.4. The molecule has 0 aliphatic heterocycles. The van der Waals surface area contributed by atoms with Gasteiger partial charge in [0.25, 0.3) is 5.69 Å². The summed E-state index contributed by atoms with van der Waals surface area (Å²) < 4.78 is 5.43. The number of nitro groups is 1. The number of amides is 1. The van der Waals surface area contributed by atoms with Gasteiger partial charge in [0, 0.05) is 12.3 Å². The molecule has 1 aromatic heterocycles. The number of carbonyl (C=O) groups excluding carboxylic acids is 1. The van der Waals surface area contributed by atoms with Gasteiger partial charge in [-0.25, -0.2) is 5.84 Å². The number of nitrogens with zero attached hydrogens (tertiary/aromatic N) is 2. The topological polar surface area (TPSA) is 120 Å². The molecule has 0 bridgehead atoms. The van der Waals surface area contributed by atoms with Gasteiger partial charge in [-0.1, -0.05) is 0 Å². The smallest absolute Gasteiger partial charge is 0.279 e. The van der Waals surface area contributed by atoms with Crippen molar-refractivity contribution in [2.45, 2.75) is 6.42 Å². The predicted molar refractivity (Wildman–Crippen MR) is 70.8 cm³/mol. The molecule has 1 heterocycles. The minimum absolute atomic E-state index is 0.0415. The molecule has 0 saturated carbocycles. The van der Waals surface area contributed by atoms with Crippen molar-refractivity contribution >= 4 is 22.5 Å². The molecule has 0 aliphatic rings. The van der Waals surface area contributed by atoms with Gasteiger partial charge in [0.1, 0.15) is 11.3 Å². The summed E-state index contributed by atoms with van der Waals surface area (Å²) in [5.41, 5.74) is 2.33. The molecule has 8 heteroatoms. The second-order valence-electron chi connectivity index (χ2n) is 3.91. The summed E-state index contributed by atoms with van der Waals surface area (Å²) in [4.78, 5) is 25.5. The highest BCUT2D eigenvalue weighted by Crippen LogP contribution is 2.31. The van der Waals surface area contributed by atoms with Crippen LogP contribution in [0, 0.1) is 10.1 Å². The first-order chi connectivity index (χ1) is 9.63. The fraction of sp³-hybridized carbons (Fsp3) is 0.167. The van der Waals surface area contributed by atoms with Crippen LogP contribution in [0.5, 0.6) is 5.75 Å². The molecule has 0 aliphatic carbocycles. The third-order valence-electron chi connectivity index (χ3n) is 2.65. The van der Waals surface area contributed by atoms with Gasteiger partial charge in [-0.15, -0.1) is 0 Å². The summed E-state index contributed by atoms with van der Waals surface area (Å²) in [6.07, 6.45) is 1.60. The van der Waals surface area contributed by atoms with Crippen LogP contribution in [0.3, 0.4) is 0 Å². The predicted octanol–water partition coefficient (Wildman–Crippen LogP) is 0.902. The minimum Gasteiger partial charge on any atom is -0.491 e. The number of aromatic nitrogens is 1. The van der Waals surface area contributed by atoms with E-state index in [4.69, 9.17) is 10.6 Å². The van der Waals surface area contributed by atoms with Gasteiger partial charge in [0.2, 0.25) is 5.91 Å². The normalized spacial score (nSPS) is 10.2. The highest BCUT2D eigenvalue weighted by Gasteiger charge is 2.15. The zero-order valence-corrected chi connectivity index (χ0v) is 10.4. The van der Waals surface area contributed by atoms with Crippen LogP contribution in [0.4, 0.5) is 5.69 Å². The number of nitro benzene ring substituents is 1. The van der Waals surface area contributed by atoms with Crippen LogP contribution in [0.15, 0.2) is 30.5 Å². The maximum Gasteiger partial charge on any atom is 0.279 e. The van der Waals surface area contributed by atoms with E-state index in [2.05, 4.69) is 4.98 Å². The summed E-state index contributed by atoms with van der Waals surface area (Å²) in [5, 5.41) is 11.3. The summed E-state index contributed by atoms with van der Waals surface area (Å²) >= 11 is 0. The highest BCUT2D eigenvalue weighted by atomic mass is 16.6. The Morgan fingerprint density at radius 1 is 1.45 bits per heavy atom. The molecule has 0 fully saturated rings. The molecule has 8 nitrogen and oxygen atoms in total. The molecule has 0 radical (unpaired) electrons. The number of hydrazine groups is 1. The van der Waals surface area contributed by atoms with Crippen molar-refractivity contribution in [3.63, 3.8) is 0 Å². The Morgan fingerprint density at radius 2 is 2.25 bits per heavy atom. The fourth-order valence-electron chi connectivity index (χ4n) is 1.73. The Morgan fingerprint density at radius 3 is 2.95 bits per heavy atom. The lowest BCUT2D eigenvalue weighted by Gasteiger charge is -2.08. The van der Waals surface area contributed by atoms with Gasteiger partial charge in [0.05, 0.1) is 23.3 Å². The van der Waals surface area contributed by atoms with Gasteiger partial charge in [-0.05, 0) is 18.2 Å². The Hall–Kier alpha value is -2.74. The Labute approximate surface area is 113 Å². The van der Waals surface area contributed by atoms with Crippen molar-refractivity contribution in [3.05, 3.63) is 40.6 Å². The second-order valence-corrected chi connectivity index (χ2v) is 3.91. The number of fused-ring (bicyclic) bond motifs is 1. The van der Waals surface area contributed by atoms with Crippen molar-refractivity contribution < 1.29 is 14.5 Å². The largest absolute Gasteiger partial charge is 0.491 e. The first kappa shape index (κ1) is 13.7. The van der Waals surface area contributed by atoms with E-state index in [0.717, 1.165) is 0 Å². The van der Waals surface area contributed by atoms with E-state index >= 15 is 0 Å². The lowest BCUT2D eigenvalue weighted by molar-refractivity contribution is -0.383. The van der Waals surface area contributed by atoms with Crippen LogP contribution in [-0.4, -0.2) is 22.4 Å². The van der Waals surface area contributed by atoms with E-state index in [0.29, 0.717) is 16.7 Å².